The Morgan fingerprint density at radius 2 is 1.86 bits per heavy atom. The second kappa shape index (κ2) is 13.0. The first-order valence-electron chi connectivity index (χ1n) is 12.5. The summed E-state index contributed by atoms with van der Waals surface area (Å²) < 4.78 is 6.05. The molecule has 0 aliphatic heterocycles. The highest BCUT2D eigenvalue weighted by atomic mass is 35.5. The number of aromatic amines is 1. The van der Waals surface area contributed by atoms with Crippen LogP contribution in [0.4, 0.5) is 10.5 Å². The summed E-state index contributed by atoms with van der Waals surface area (Å²) in [4.78, 5) is 32.4. The zero-order valence-corrected chi connectivity index (χ0v) is 23.5. The van der Waals surface area contributed by atoms with Crippen molar-refractivity contribution in [3.63, 3.8) is 0 Å². The van der Waals surface area contributed by atoms with E-state index in [9.17, 15) is 9.59 Å². The maximum Gasteiger partial charge on any atom is 0.411 e. The normalized spacial score (nSPS) is 11.2. The van der Waals surface area contributed by atoms with Gasteiger partial charge in [0.15, 0.2) is 0 Å². The number of carbonyl (C=O) groups excluding carboxylic acids is 2. The van der Waals surface area contributed by atoms with Crippen molar-refractivity contribution in [1.29, 1.82) is 0 Å². The van der Waals surface area contributed by atoms with E-state index in [2.05, 4.69) is 47.7 Å². The van der Waals surface area contributed by atoms with E-state index in [0.717, 1.165) is 5.56 Å². The molecule has 0 bridgehead atoms. The molecule has 5 rings (SSSR count). The van der Waals surface area contributed by atoms with Gasteiger partial charge in [-0.25, -0.2) is 9.78 Å². The lowest BCUT2D eigenvalue weighted by atomic mass is 10.1. The topological polar surface area (TPSA) is 140 Å². The molecule has 0 saturated carbocycles. The summed E-state index contributed by atoms with van der Waals surface area (Å²) in [6.45, 7) is 0. The first-order valence-corrected chi connectivity index (χ1v) is 13.3. The van der Waals surface area contributed by atoms with Gasteiger partial charge in [0.1, 0.15) is 23.0 Å². The minimum absolute atomic E-state index is 0.294. The molecule has 210 valence electrons. The lowest BCUT2D eigenvalue weighted by Crippen LogP contribution is -2.29. The van der Waals surface area contributed by atoms with Crippen LogP contribution < -0.4 is 10.6 Å². The number of hydrogen-bond acceptors (Lipinski definition) is 7. The first kappa shape index (κ1) is 28.4. The number of H-pyrrole nitrogens is 1. The van der Waals surface area contributed by atoms with Gasteiger partial charge in [-0.3, -0.25) is 10.1 Å². The minimum atomic E-state index is -0.584. The summed E-state index contributed by atoms with van der Waals surface area (Å²) >= 11 is 12.7. The van der Waals surface area contributed by atoms with Crippen molar-refractivity contribution in [2.24, 2.45) is 0 Å². The van der Waals surface area contributed by atoms with Gasteiger partial charge in [0, 0.05) is 22.2 Å². The second-order valence-electron chi connectivity index (χ2n) is 8.86. The molecule has 13 heteroatoms. The number of halogens is 2. The van der Waals surface area contributed by atoms with E-state index in [1.807, 2.05) is 30.3 Å². The number of methoxy groups -OCH3 is 1. The van der Waals surface area contributed by atoms with Gasteiger partial charge in [0.25, 0.3) is 5.91 Å². The maximum absolute atomic E-state index is 13.1. The average molecular weight is 601 g/mol. The van der Waals surface area contributed by atoms with Gasteiger partial charge in [-0.15, -0.1) is 5.10 Å². The Kier molecular flexibility index (Phi) is 8.77. The Morgan fingerprint density at radius 1 is 1.07 bits per heavy atom. The average Bonchev–Trinajstić information content (AvgIpc) is 3.67. The fraction of sp³-hybridized carbons (Fsp3) is 0.103. The summed E-state index contributed by atoms with van der Waals surface area (Å²) in [5, 5.41) is 17.5. The predicted octanol–water partition coefficient (Wildman–Crippen LogP) is 4.99. The standard InChI is InChI=1S/C29H22Cl2N8O3/c1-42-29(41)33-22-11-7-19(8-12-22)26-27(31)36-28(35-26)23(15-18-5-3-2-4-6-18)34-25(40)14-9-20-16-21(30)10-13-24(20)39-17-32-37-38-39/h2-8,10-13,16-17,23H,15H2,1H3,(H,33,41)(H,34,40)(H,35,36)/t23-/m0/s1. The first-order chi connectivity index (χ1) is 20.4. The molecule has 11 nitrogen and oxygen atoms in total. The van der Waals surface area contributed by atoms with E-state index < -0.39 is 18.0 Å². The summed E-state index contributed by atoms with van der Waals surface area (Å²) in [5.74, 6) is 5.41. The van der Waals surface area contributed by atoms with Crippen molar-refractivity contribution in [1.82, 2.24) is 35.5 Å². The zero-order valence-electron chi connectivity index (χ0n) is 22.0. The number of nitrogens with one attached hydrogen (secondary N) is 3. The number of rotatable bonds is 7. The molecule has 3 aromatic carbocycles. The van der Waals surface area contributed by atoms with Crippen LogP contribution in [0, 0.1) is 11.8 Å². The van der Waals surface area contributed by atoms with Gasteiger partial charge in [-0.2, -0.15) is 4.68 Å². The quantitative estimate of drug-likeness (QED) is 0.223. The third-order valence-electron chi connectivity index (χ3n) is 6.05. The molecule has 2 heterocycles. The Balaban J connectivity index is 1.41. The van der Waals surface area contributed by atoms with Gasteiger partial charge in [0.2, 0.25) is 0 Å². The summed E-state index contributed by atoms with van der Waals surface area (Å²) in [6, 6.07) is 21.0. The molecular formula is C29H22Cl2N8O3. The Morgan fingerprint density at radius 3 is 2.57 bits per heavy atom. The Hall–Kier alpha value is -5.18. The summed E-state index contributed by atoms with van der Waals surface area (Å²) in [6.07, 6.45) is 1.27. The SMILES string of the molecule is COC(=O)Nc1ccc(-c2nc([C@H](Cc3ccccc3)NC(=O)C#Cc3cc(Cl)ccc3-n3cnnn3)[nH]c2Cl)cc1. The number of benzene rings is 3. The highest BCUT2D eigenvalue weighted by Gasteiger charge is 2.21. The number of anilines is 1. The van der Waals surface area contributed by atoms with Crippen molar-refractivity contribution in [3.05, 3.63) is 106 Å². The zero-order chi connectivity index (χ0) is 29.5. The third kappa shape index (κ3) is 6.93. The highest BCUT2D eigenvalue weighted by molar-refractivity contribution is 6.32. The number of amides is 2. The van der Waals surface area contributed by atoms with E-state index in [0.29, 0.717) is 50.6 Å². The van der Waals surface area contributed by atoms with Crippen molar-refractivity contribution in [3.8, 4) is 28.8 Å². The molecule has 1 atom stereocenters. The number of hydrogen-bond donors (Lipinski definition) is 3. The molecular weight excluding hydrogens is 579 g/mol. The largest absolute Gasteiger partial charge is 0.453 e. The van der Waals surface area contributed by atoms with Crippen LogP contribution in [0.2, 0.25) is 10.2 Å². The van der Waals surface area contributed by atoms with Crippen molar-refractivity contribution >= 4 is 40.9 Å². The van der Waals surface area contributed by atoms with Crippen LogP contribution in [-0.2, 0) is 16.0 Å². The fourth-order valence-electron chi connectivity index (χ4n) is 4.07. The molecule has 3 N–H and O–H groups in total. The van der Waals surface area contributed by atoms with Crippen molar-refractivity contribution in [2.45, 2.75) is 12.5 Å². The number of aromatic nitrogens is 6. The third-order valence-corrected chi connectivity index (χ3v) is 6.56. The molecule has 42 heavy (non-hydrogen) atoms. The lowest BCUT2D eigenvalue weighted by molar-refractivity contribution is -0.116. The van der Waals surface area contributed by atoms with Gasteiger partial charge >= 0.3 is 6.09 Å². The molecule has 0 spiro atoms. The van der Waals surface area contributed by atoms with Crippen LogP contribution in [0.1, 0.15) is 23.0 Å². The molecule has 0 unspecified atom stereocenters. The Labute approximate surface area is 250 Å². The molecule has 0 fully saturated rings. The van der Waals surface area contributed by atoms with Gasteiger partial charge < -0.3 is 15.0 Å². The van der Waals surface area contributed by atoms with E-state index in [1.54, 1.807) is 42.5 Å². The minimum Gasteiger partial charge on any atom is -0.453 e. The monoisotopic (exact) mass is 600 g/mol. The van der Waals surface area contributed by atoms with Crippen LogP contribution in [0.5, 0.6) is 0 Å². The number of tetrazole rings is 1. The van der Waals surface area contributed by atoms with Gasteiger partial charge in [-0.05, 0) is 52.7 Å². The number of nitrogens with zero attached hydrogens (tertiary/aromatic N) is 5. The number of imidazole rings is 1. The number of ether oxygens (including phenoxy) is 1. The van der Waals surface area contributed by atoms with Crippen molar-refractivity contribution < 1.29 is 14.3 Å². The van der Waals surface area contributed by atoms with Gasteiger partial charge in [-0.1, -0.05) is 71.6 Å². The molecule has 5 aromatic rings. The number of carbonyl (C=O) groups is 2. The van der Waals surface area contributed by atoms with Crippen molar-refractivity contribution in [2.75, 3.05) is 12.4 Å². The van der Waals surface area contributed by atoms with Crippen LogP contribution >= 0.6 is 23.2 Å². The fourth-order valence-corrected chi connectivity index (χ4v) is 4.49. The van der Waals surface area contributed by atoms with E-state index >= 15 is 0 Å². The van der Waals surface area contributed by atoms with Crippen LogP contribution in [0.15, 0.2) is 79.1 Å². The molecule has 0 aliphatic rings. The molecule has 0 radical (unpaired) electrons. The summed E-state index contributed by atoms with van der Waals surface area (Å²) in [5.41, 5.74) is 3.75. The van der Waals surface area contributed by atoms with E-state index in [1.165, 1.54) is 18.1 Å². The van der Waals surface area contributed by atoms with E-state index in [-0.39, 0.29) is 0 Å². The maximum atomic E-state index is 13.1. The molecule has 2 aromatic heterocycles. The smallest absolute Gasteiger partial charge is 0.411 e. The summed E-state index contributed by atoms with van der Waals surface area (Å²) in [7, 11) is 1.29. The van der Waals surface area contributed by atoms with Gasteiger partial charge in [0.05, 0.1) is 24.4 Å². The Bertz CT molecular complexity index is 1760. The van der Waals surface area contributed by atoms with Crippen LogP contribution in [0.3, 0.4) is 0 Å². The molecule has 0 saturated heterocycles. The lowest BCUT2D eigenvalue weighted by Gasteiger charge is -2.15. The predicted molar refractivity (Wildman–Crippen MR) is 157 cm³/mol. The van der Waals surface area contributed by atoms with Crippen LogP contribution in [-0.4, -0.2) is 49.3 Å². The second-order valence-corrected chi connectivity index (χ2v) is 9.67. The van der Waals surface area contributed by atoms with Crippen LogP contribution in [0.25, 0.3) is 16.9 Å². The molecule has 2 amide bonds. The molecule has 0 aliphatic carbocycles. The highest BCUT2D eigenvalue weighted by Crippen LogP contribution is 2.29. The van der Waals surface area contributed by atoms with E-state index in [4.69, 9.17) is 28.2 Å².